The Morgan fingerprint density at radius 3 is 2.41 bits per heavy atom. The molecule has 0 aromatic rings. The molecule has 1 atom stereocenters. The molecule has 0 spiro atoms. The molecule has 0 aliphatic heterocycles. The molecule has 0 bridgehead atoms. The van der Waals surface area contributed by atoms with E-state index >= 15 is 0 Å². The largest absolute Gasteiger partial charge is 0.481 e. The first-order valence-corrected chi connectivity index (χ1v) is 6.51. The van der Waals surface area contributed by atoms with Crippen LogP contribution in [-0.4, -0.2) is 49.2 Å². The number of unbranched alkanes of at least 4 members (excludes halogenated alkanes) is 1. The Balaban J connectivity index is 3.71. The number of carboxylic acids is 1. The van der Waals surface area contributed by atoms with Crippen molar-refractivity contribution in [1.82, 2.24) is 10.2 Å². The molecule has 4 nitrogen and oxygen atoms in total. The summed E-state index contributed by atoms with van der Waals surface area (Å²) in [5.74, 6) is -0.0107. The number of nitrogens with one attached hydrogen (secondary N) is 1. The summed E-state index contributed by atoms with van der Waals surface area (Å²) in [6, 6.07) is 0.509. The van der Waals surface area contributed by atoms with Gasteiger partial charge in [-0.3, -0.25) is 4.79 Å². The van der Waals surface area contributed by atoms with Crippen LogP contribution in [0.3, 0.4) is 0 Å². The van der Waals surface area contributed by atoms with Crippen molar-refractivity contribution in [1.29, 1.82) is 0 Å². The van der Waals surface area contributed by atoms with Gasteiger partial charge in [0.2, 0.25) is 0 Å². The lowest BCUT2D eigenvalue weighted by molar-refractivity contribution is -0.137. The Kier molecular flexibility index (Phi) is 9.09. The van der Waals surface area contributed by atoms with Gasteiger partial charge in [-0.1, -0.05) is 13.8 Å². The molecule has 0 aromatic heterocycles. The first-order valence-electron chi connectivity index (χ1n) is 6.51. The molecule has 0 rings (SSSR count). The second-order valence-electron chi connectivity index (χ2n) is 5.39. The molecule has 17 heavy (non-hydrogen) atoms. The van der Waals surface area contributed by atoms with E-state index < -0.39 is 5.97 Å². The highest BCUT2D eigenvalue weighted by Gasteiger charge is 2.10. The number of rotatable bonds is 10. The van der Waals surface area contributed by atoms with E-state index in [1.54, 1.807) is 0 Å². The molecule has 0 aliphatic carbocycles. The number of hydrogen-bond acceptors (Lipinski definition) is 3. The van der Waals surface area contributed by atoms with Crippen molar-refractivity contribution in [2.75, 3.05) is 27.2 Å². The van der Waals surface area contributed by atoms with Gasteiger partial charge in [0.25, 0.3) is 0 Å². The van der Waals surface area contributed by atoms with E-state index in [1.807, 2.05) is 0 Å². The van der Waals surface area contributed by atoms with Crippen molar-refractivity contribution in [2.45, 2.75) is 45.6 Å². The predicted molar refractivity (Wildman–Crippen MR) is 71.3 cm³/mol. The summed E-state index contributed by atoms with van der Waals surface area (Å²) in [5, 5.41) is 12.1. The average molecular weight is 244 g/mol. The van der Waals surface area contributed by atoms with Gasteiger partial charge in [0.05, 0.1) is 0 Å². The molecule has 0 heterocycles. The predicted octanol–water partition coefficient (Wildman–Crippen LogP) is 1.81. The lowest BCUT2D eigenvalue weighted by Gasteiger charge is -2.24. The maximum atomic E-state index is 10.4. The van der Waals surface area contributed by atoms with E-state index in [9.17, 15) is 4.79 Å². The number of nitrogens with zero attached hydrogens (tertiary/aromatic N) is 1. The summed E-state index contributed by atoms with van der Waals surface area (Å²) in [6.45, 7) is 6.42. The lowest BCUT2D eigenvalue weighted by atomic mass is 10.0. The third-order valence-electron chi connectivity index (χ3n) is 2.59. The second kappa shape index (κ2) is 9.42. The molecule has 102 valence electrons. The van der Waals surface area contributed by atoms with Gasteiger partial charge in [-0.25, -0.2) is 0 Å². The Morgan fingerprint density at radius 1 is 1.29 bits per heavy atom. The first kappa shape index (κ1) is 16.4. The first-order chi connectivity index (χ1) is 7.91. The number of aliphatic carboxylic acids is 1. The van der Waals surface area contributed by atoms with E-state index in [2.05, 4.69) is 38.2 Å². The van der Waals surface area contributed by atoms with Crippen LogP contribution in [0.2, 0.25) is 0 Å². The van der Waals surface area contributed by atoms with E-state index in [4.69, 9.17) is 5.11 Å². The summed E-state index contributed by atoms with van der Waals surface area (Å²) < 4.78 is 0. The Labute approximate surface area is 105 Å². The van der Waals surface area contributed by atoms with Crippen LogP contribution in [-0.2, 0) is 4.79 Å². The zero-order valence-corrected chi connectivity index (χ0v) is 11.7. The van der Waals surface area contributed by atoms with Gasteiger partial charge in [0.1, 0.15) is 0 Å². The molecule has 0 fully saturated rings. The molecular formula is C13H28N2O2. The van der Waals surface area contributed by atoms with Crippen LogP contribution in [0.15, 0.2) is 0 Å². The van der Waals surface area contributed by atoms with E-state index in [0.29, 0.717) is 12.0 Å². The van der Waals surface area contributed by atoms with Crippen LogP contribution < -0.4 is 5.32 Å². The van der Waals surface area contributed by atoms with Crippen LogP contribution in [0, 0.1) is 5.92 Å². The van der Waals surface area contributed by atoms with Crippen molar-refractivity contribution in [3.05, 3.63) is 0 Å². The van der Waals surface area contributed by atoms with Gasteiger partial charge >= 0.3 is 5.97 Å². The zero-order valence-electron chi connectivity index (χ0n) is 11.7. The third kappa shape index (κ3) is 11.6. The number of hydrogen-bond donors (Lipinski definition) is 2. The van der Waals surface area contributed by atoms with E-state index in [0.717, 1.165) is 32.4 Å². The van der Waals surface area contributed by atoms with Crippen molar-refractivity contribution in [3.63, 3.8) is 0 Å². The third-order valence-corrected chi connectivity index (χ3v) is 2.59. The average Bonchev–Trinajstić information content (AvgIpc) is 2.14. The highest BCUT2D eigenvalue weighted by Crippen LogP contribution is 2.06. The molecule has 0 saturated carbocycles. The van der Waals surface area contributed by atoms with Crippen LogP contribution >= 0.6 is 0 Å². The summed E-state index contributed by atoms with van der Waals surface area (Å²) in [6.07, 6.45) is 3.15. The molecular weight excluding hydrogens is 216 g/mol. The van der Waals surface area contributed by atoms with E-state index in [-0.39, 0.29) is 6.42 Å². The monoisotopic (exact) mass is 244 g/mol. The second-order valence-corrected chi connectivity index (χ2v) is 5.39. The minimum Gasteiger partial charge on any atom is -0.481 e. The Bertz CT molecular complexity index is 196. The summed E-state index contributed by atoms with van der Waals surface area (Å²) in [4.78, 5) is 12.6. The number of carbonyl (C=O) groups is 1. The minimum absolute atomic E-state index is 0.282. The van der Waals surface area contributed by atoms with Gasteiger partial charge in [-0.05, 0) is 45.8 Å². The van der Waals surface area contributed by atoms with E-state index in [1.165, 1.54) is 0 Å². The molecule has 0 saturated heterocycles. The standard InChI is InChI=1S/C13H28N2O2/c1-11(2)9-12(10-15(3)4)14-8-6-5-7-13(16)17/h11-12,14H,5-10H2,1-4H3,(H,16,17). The Morgan fingerprint density at radius 2 is 1.94 bits per heavy atom. The van der Waals surface area contributed by atoms with Crippen LogP contribution in [0.4, 0.5) is 0 Å². The Hall–Kier alpha value is -0.610. The van der Waals surface area contributed by atoms with Crippen molar-refractivity contribution in [3.8, 4) is 0 Å². The topological polar surface area (TPSA) is 52.6 Å². The fourth-order valence-corrected chi connectivity index (χ4v) is 1.94. The molecule has 0 radical (unpaired) electrons. The van der Waals surface area contributed by atoms with Gasteiger partial charge < -0.3 is 15.3 Å². The fourth-order valence-electron chi connectivity index (χ4n) is 1.94. The zero-order chi connectivity index (χ0) is 13.3. The maximum absolute atomic E-state index is 10.4. The van der Waals surface area contributed by atoms with Crippen LogP contribution in [0.5, 0.6) is 0 Å². The number of carboxylic acid groups (broad SMARTS) is 1. The fraction of sp³-hybridized carbons (Fsp3) is 0.923. The highest BCUT2D eigenvalue weighted by atomic mass is 16.4. The van der Waals surface area contributed by atoms with Gasteiger partial charge in [0, 0.05) is 19.0 Å². The molecule has 4 heteroatoms. The van der Waals surface area contributed by atoms with Crippen LogP contribution in [0.1, 0.15) is 39.5 Å². The van der Waals surface area contributed by atoms with Crippen molar-refractivity contribution >= 4 is 5.97 Å². The minimum atomic E-state index is -0.697. The lowest BCUT2D eigenvalue weighted by Crippen LogP contribution is -2.39. The van der Waals surface area contributed by atoms with Gasteiger partial charge in [0.15, 0.2) is 0 Å². The SMILES string of the molecule is CC(C)CC(CN(C)C)NCCCCC(=O)O. The summed E-state index contributed by atoms with van der Waals surface area (Å²) in [7, 11) is 4.17. The van der Waals surface area contributed by atoms with Crippen molar-refractivity contribution < 1.29 is 9.90 Å². The van der Waals surface area contributed by atoms with Gasteiger partial charge in [-0.15, -0.1) is 0 Å². The molecule has 0 amide bonds. The van der Waals surface area contributed by atoms with Gasteiger partial charge in [-0.2, -0.15) is 0 Å². The quantitative estimate of drug-likeness (QED) is 0.575. The molecule has 2 N–H and O–H groups in total. The smallest absolute Gasteiger partial charge is 0.303 e. The highest BCUT2D eigenvalue weighted by molar-refractivity contribution is 5.66. The number of likely N-dealkylation sites (N-methyl/N-ethyl adjacent to an activating group) is 1. The molecule has 1 unspecified atom stereocenters. The molecule has 0 aliphatic rings. The summed E-state index contributed by atoms with van der Waals surface area (Å²) in [5.41, 5.74) is 0. The normalized spacial score (nSPS) is 13.3. The van der Waals surface area contributed by atoms with Crippen molar-refractivity contribution in [2.24, 2.45) is 5.92 Å². The molecule has 0 aromatic carbocycles. The van der Waals surface area contributed by atoms with Crippen LogP contribution in [0.25, 0.3) is 0 Å². The summed E-state index contributed by atoms with van der Waals surface area (Å²) >= 11 is 0. The maximum Gasteiger partial charge on any atom is 0.303 e.